The van der Waals surface area contributed by atoms with Crippen molar-refractivity contribution in [3.05, 3.63) is 84.9 Å². The lowest BCUT2D eigenvalue weighted by molar-refractivity contribution is -0.384. The molecule has 0 saturated carbocycles. The van der Waals surface area contributed by atoms with Gasteiger partial charge in [0.05, 0.1) is 17.1 Å². The largest absolute Gasteiger partial charge is 0.462 e. The van der Waals surface area contributed by atoms with Crippen molar-refractivity contribution in [3.63, 3.8) is 0 Å². The van der Waals surface area contributed by atoms with Crippen LogP contribution in [0.1, 0.15) is 55.9 Å². The van der Waals surface area contributed by atoms with Gasteiger partial charge in [0.25, 0.3) is 5.69 Å². The Labute approximate surface area is 196 Å². The van der Waals surface area contributed by atoms with Crippen LogP contribution in [0, 0.1) is 16.0 Å². The van der Waals surface area contributed by atoms with Gasteiger partial charge in [0, 0.05) is 52.2 Å². The van der Waals surface area contributed by atoms with Gasteiger partial charge in [-0.1, -0.05) is 32.0 Å². The lowest BCUT2D eigenvalue weighted by atomic mass is 9.72. The molecular weight excluding hydrogens is 440 g/mol. The molecule has 0 unspecified atom stereocenters. The number of thiophene rings is 1. The topological polar surface area (TPSA) is 98.5 Å². The summed E-state index contributed by atoms with van der Waals surface area (Å²) in [5.74, 6) is -1.06. The van der Waals surface area contributed by atoms with E-state index in [0.29, 0.717) is 35.2 Å². The molecule has 0 radical (unpaired) electrons. The van der Waals surface area contributed by atoms with E-state index in [1.54, 1.807) is 30.4 Å². The molecule has 172 valence electrons. The number of rotatable bonds is 6. The van der Waals surface area contributed by atoms with Crippen molar-refractivity contribution >= 4 is 28.8 Å². The van der Waals surface area contributed by atoms with E-state index in [4.69, 9.17) is 4.74 Å². The van der Waals surface area contributed by atoms with Gasteiger partial charge in [0.15, 0.2) is 5.78 Å². The molecule has 1 aliphatic heterocycles. The summed E-state index contributed by atoms with van der Waals surface area (Å²) in [7, 11) is 0. The fourth-order valence-corrected chi connectivity index (χ4v) is 5.34. The lowest BCUT2D eigenvalue weighted by Crippen LogP contribution is -2.36. The maximum atomic E-state index is 13.5. The molecule has 0 spiro atoms. The molecule has 1 aromatic heterocycles. The third-order valence-electron chi connectivity index (χ3n) is 5.96. The normalized spacial score (nSPS) is 20.5. The maximum Gasteiger partial charge on any atom is 0.336 e. The van der Waals surface area contributed by atoms with Crippen LogP contribution in [0.15, 0.2) is 64.3 Å². The second kappa shape index (κ2) is 9.31. The van der Waals surface area contributed by atoms with E-state index in [0.717, 1.165) is 10.6 Å². The van der Waals surface area contributed by atoms with Gasteiger partial charge in [-0.15, -0.1) is 11.3 Å². The summed E-state index contributed by atoms with van der Waals surface area (Å²) in [4.78, 5) is 38.7. The first kappa shape index (κ1) is 22.9. The first-order valence-electron chi connectivity index (χ1n) is 10.9. The van der Waals surface area contributed by atoms with Crippen molar-refractivity contribution in [2.24, 2.45) is 5.92 Å². The molecule has 33 heavy (non-hydrogen) atoms. The van der Waals surface area contributed by atoms with Gasteiger partial charge < -0.3 is 10.1 Å². The number of hydrogen-bond donors (Lipinski definition) is 1. The standard InChI is InChI=1S/C25H26N2O5S/c1-14(2)13-32-25(29)22-15(3)26-19-11-17(21-8-5-9-33-21)12-20(28)24(19)23(22)16-6-4-7-18(10-16)27(30)31/h4-10,14,17,23,26H,11-13H2,1-3H3/t17-,23-/m1/s1. The van der Waals surface area contributed by atoms with Crippen LogP contribution < -0.4 is 5.32 Å². The summed E-state index contributed by atoms with van der Waals surface area (Å²) in [6.07, 6.45) is 0.971. The molecule has 2 heterocycles. The van der Waals surface area contributed by atoms with Crippen LogP contribution in [0.3, 0.4) is 0 Å². The molecule has 1 aromatic carbocycles. The third-order valence-corrected chi connectivity index (χ3v) is 6.99. The Kier molecular flexibility index (Phi) is 6.47. The van der Waals surface area contributed by atoms with E-state index in [9.17, 15) is 19.7 Å². The van der Waals surface area contributed by atoms with Crippen molar-refractivity contribution in [2.45, 2.75) is 45.4 Å². The SMILES string of the molecule is CC1=C(C(=O)OCC(C)C)[C@@H](c2cccc([N+](=O)[O-])c2)C2=C(C[C@@H](c3cccs3)CC2=O)N1. The maximum absolute atomic E-state index is 13.5. The third kappa shape index (κ3) is 4.61. The van der Waals surface area contributed by atoms with Crippen LogP contribution in [0.2, 0.25) is 0 Å². The average Bonchev–Trinajstić information content (AvgIpc) is 3.31. The molecule has 2 aliphatic rings. The fraction of sp³-hybridized carbons (Fsp3) is 0.360. The van der Waals surface area contributed by atoms with Crippen molar-refractivity contribution in [1.29, 1.82) is 0 Å². The van der Waals surface area contributed by atoms with Crippen molar-refractivity contribution < 1.29 is 19.2 Å². The Balaban J connectivity index is 1.80. The Bertz CT molecular complexity index is 1160. The number of nitro groups is 1. The number of nitro benzene ring substituents is 1. The van der Waals surface area contributed by atoms with Crippen LogP contribution in [0.25, 0.3) is 0 Å². The first-order chi connectivity index (χ1) is 15.8. The van der Waals surface area contributed by atoms with Gasteiger partial charge in [-0.2, -0.15) is 0 Å². The number of carbonyl (C=O) groups excluding carboxylic acids is 2. The van der Waals surface area contributed by atoms with Crippen LogP contribution in [-0.2, 0) is 14.3 Å². The predicted octanol–water partition coefficient (Wildman–Crippen LogP) is 5.22. The Morgan fingerprint density at radius 2 is 2.06 bits per heavy atom. The summed E-state index contributed by atoms with van der Waals surface area (Å²) >= 11 is 1.63. The minimum atomic E-state index is -0.711. The second-order valence-electron chi connectivity index (χ2n) is 8.88. The van der Waals surface area contributed by atoms with Gasteiger partial charge in [-0.05, 0) is 36.3 Å². The van der Waals surface area contributed by atoms with E-state index in [1.807, 2.05) is 31.4 Å². The average molecular weight is 467 g/mol. The molecule has 8 heteroatoms. The Morgan fingerprint density at radius 1 is 1.27 bits per heavy atom. The summed E-state index contributed by atoms with van der Waals surface area (Å²) in [5.41, 5.74) is 2.68. The van der Waals surface area contributed by atoms with E-state index >= 15 is 0 Å². The molecule has 4 rings (SSSR count). The van der Waals surface area contributed by atoms with E-state index in [2.05, 4.69) is 5.32 Å². The van der Waals surface area contributed by atoms with Crippen molar-refractivity contribution in [2.75, 3.05) is 6.61 Å². The van der Waals surface area contributed by atoms with E-state index in [1.165, 1.54) is 12.1 Å². The predicted molar refractivity (Wildman–Crippen MR) is 126 cm³/mol. The molecule has 0 saturated heterocycles. The minimum absolute atomic E-state index is 0.0553. The number of nitrogens with zero attached hydrogens (tertiary/aromatic N) is 1. The number of dihydropyridines is 1. The summed E-state index contributed by atoms with van der Waals surface area (Å²) in [6, 6.07) is 10.2. The lowest BCUT2D eigenvalue weighted by Gasteiger charge is -2.36. The zero-order chi connectivity index (χ0) is 23.7. The number of ether oxygens (including phenoxy) is 1. The zero-order valence-corrected chi connectivity index (χ0v) is 19.6. The Morgan fingerprint density at radius 3 is 2.73 bits per heavy atom. The highest BCUT2D eigenvalue weighted by molar-refractivity contribution is 7.10. The molecule has 0 bridgehead atoms. The number of non-ortho nitro benzene ring substituents is 1. The highest BCUT2D eigenvalue weighted by Gasteiger charge is 2.42. The summed E-state index contributed by atoms with van der Waals surface area (Å²) in [6.45, 7) is 5.93. The van der Waals surface area contributed by atoms with Gasteiger partial charge in [0.2, 0.25) is 0 Å². The first-order valence-corrected chi connectivity index (χ1v) is 11.8. The molecule has 0 fully saturated rings. The van der Waals surface area contributed by atoms with Gasteiger partial charge in [0.1, 0.15) is 0 Å². The van der Waals surface area contributed by atoms with Gasteiger partial charge in [-0.3, -0.25) is 14.9 Å². The number of hydrogen-bond acceptors (Lipinski definition) is 7. The zero-order valence-electron chi connectivity index (χ0n) is 18.8. The monoisotopic (exact) mass is 466 g/mol. The van der Waals surface area contributed by atoms with E-state index < -0.39 is 16.8 Å². The van der Waals surface area contributed by atoms with Gasteiger partial charge in [-0.25, -0.2) is 4.79 Å². The summed E-state index contributed by atoms with van der Waals surface area (Å²) in [5, 5.41) is 16.7. The van der Waals surface area contributed by atoms with Crippen LogP contribution in [0.5, 0.6) is 0 Å². The van der Waals surface area contributed by atoms with Crippen LogP contribution in [0.4, 0.5) is 5.69 Å². The molecule has 2 atom stereocenters. The van der Waals surface area contributed by atoms with Crippen molar-refractivity contribution in [1.82, 2.24) is 5.32 Å². The van der Waals surface area contributed by atoms with E-state index in [-0.39, 0.29) is 29.9 Å². The summed E-state index contributed by atoms with van der Waals surface area (Å²) < 4.78 is 5.53. The van der Waals surface area contributed by atoms with Gasteiger partial charge >= 0.3 is 5.97 Å². The minimum Gasteiger partial charge on any atom is -0.462 e. The molecule has 1 N–H and O–H groups in total. The van der Waals surface area contributed by atoms with Crippen LogP contribution in [-0.4, -0.2) is 23.3 Å². The number of carbonyl (C=O) groups is 2. The molecule has 2 aromatic rings. The smallest absolute Gasteiger partial charge is 0.336 e. The number of nitrogens with one attached hydrogen (secondary N) is 1. The number of ketones is 1. The quantitative estimate of drug-likeness (QED) is 0.356. The number of benzene rings is 1. The van der Waals surface area contributed by atoms with Crippen molar-refractivity contribution in [3.8, 4) is 0 Å². The number of allylic oxidation sites excluding steroid dienone is 3. The Hall–Kier alpha value is -3.26. The highest BCUT2D eigenvalue weighted by Crippen LogP contribution is 2.46. The number of Topliss-reactive ketones (excluding diaryl/α,β-unsaturated/α-hetero) is 1. The second-order valence-corrected chi connectivity index (χ2v) is 9.86. The molecule has 1 aliphatic carbocycles. The molecular formula is C25H26N2O5S. The van der Waals surface area contributed by atoms with Crippen LogP contribution >= 0.6 is 11.3 Å². The fourth-order valence-electron chi connectivity index (χ4n) is 4.51. The molecule has 7 nitrogen and oxygen atoms in total. The number of esters is 1. The molecule has 0 amide bonds. The highest BCUT2D eigenvalue weighted by atomic mass is 32.1.